The number of nitrogens with one attached hydrogen (secondary N) is 1. The molecule has 1 aromatic heterocycles. The number of hydrogen-bond donors (Lipinski definition) is 1. The third-order valence-corrected chi connectivity index (χ3v) is 4.50. The zero-order valence-electron chi connectivity index (χ0n) is 10.5. The highest BCUT2D eigenvalue weighted by Gasteiger charge is 2.43. The van der Waals surface area contributed by atoms with Gasteiger partial charge in [0.25, 0.3) is 0 Å². The zero-order chi connectivity index (χ0) is 11.9. The molecule has 4 atom stereocenters. The highest BCUT2D eigenvalue weighted by atomic mass is 16.5. The van der Waals surface area contributed by atoms with Crippen LogP contribution in [-0.4, -0.2) is 34.9 Å². The maximum Gasteiger partial charge on any atom is 0.228 e. The average Bonchev–Trinajstić information content (AvgIpc) is 3.14. The second kappa shape index (κ2) is 4.31. The Balaban J connectivity index is 1.45. The Bertz CT molecular complexity index is 428. The molecular formula is C13H19N3O2. The molecule has 98 valence electrons. The Morgan fingerprint density at radius 2 is 2.28 bits per heavy atom. The summed E-state index contributed by atoms with van der Waals surface area (Å²) in [5, 5.41) is 7.62. The third-order valence-electron chi connectivity index (χ3n) is 4.50. The van der Waals surface area contributed by atoms with E-state index >= 15 is 0 Å². The summed E-state index contributed by atoms with van der Waals surface area (Å²) in [5.74, 6) is 2.03. The minimum atomic E-state index is 0.338. The van der Waals surface area contributed by atoms with E-state index in [9.17, 15) is 0 Å². The van der Waals surface area contributed by atoms with Crippen molar-refractivity contribution in [2.24, 2.45) is 0 Å². The Morgan fingerprint density at radius 1 is 1.28 bits per heavy atom. The zero-order valence-corrected chi connectivity index (χ0v) is 10.5. The minimum Gasteiger partial charge on any atom is -0.374 e. The summed E-state index contributed by atoms with van der Waals surface area (Å²) >= 11 is 0. The Kier molecular flexibility index (Phi) is 2.62. The van der Waals surface area contributed by atoms with Gasteiger partial charge < -0.3 is 14.6 Å². The van der Waals surface area contributed by atoms with Crippen molar-refractivity contribution in [1.82, 2.24) is 15.5 Å². The van der Waals surface area contributed by atoms with E-state index in [2.05, 4.69) is 15.5 Å². The summed E-state index contributed by atoms with van der Waals surface area (Å²) in [6, 6.07) is 0.523. The van der Waals surface area contributed by atoms with Gasteiger partial charge in [0.2, 0.25) is 5.89 Å². The lowest BCUT2D eigenvalue weighted by Crippen LogP contribution is -2.23. The molecule has 5 nitrogen and oxygen atoms in total. The van der Waals surface area contributed by atoms with Crippen LogP contribution in [0.4, 0.5) is 0 Å². The molecule has 3 fully saturated rings. The molecule has 0 amide bonds. The molecule has 0 saturated carbocycles. The van der Waals surface area contributed by atoms with E-state index in [0.29, 0.717) is 24.2 Å². The predicted octanol–water partition coefficient (Wildman–Crippen LogP) is 1.40. The van der Waals surface area contributed by atoms with Gasteiger partial charge in [0.1, 0.15) is 0 Å². The predicted molar refractivity (Wildman–Crippen MR) is 64.3 cm³/mol. The second-order valence-corrected chi connectivity index (χ2v) is 5.76. The molecule has 4 heterocycles. The highest BCUT2D eigenvalue weighted by Crippen LogP contribution is 2.43. The van der Waals surface area contributed by atoms with E-state index in [1.807, 2.05) is 0 Å². The van der Waals surface area contributed by atoms with Crippen LogP contribution >= 0.6 is 0 Å². The fourth-order valence-corrected chi connectivity index (χ4v) is 3.55. The number of aromatic nitrogens is 2. The van der Waals surface area contributed by atoms with Crippen LogP contribution in [0.5, 0.6) is 0 Å². The van der Waals surface area contributed by atoms with Crippen LogP contribution in [0.3, 0.4) is 0 Å². The Hall–Kier alpha value is -0.940. The summed E-state index contributed by atoms with van der Waals surface area (Å²) in [7, 11) is 0. The summed E-state index contributed by atoms with van der Waals surface area (Å²) in [5.41, 5.74) is 0. The van der Waals surface area contributed by atoms with Gasteiger partial charge in [0.15, 0.2) is 5.82 Å². The molecule has 1 N–H and O–H groups in total. The highest BCUT2D eigenvalue weighted by molar-refractivity contribution is 5.07. The molecule has 3 saturated heterocycles. The molecule has 2 bridgehead atoms. The van der Waals surface area contributed by atoms with Crippen molar-refractivity contribution in [3.8, 4) is 0 Å². The first-order chi connectivity index (χ1) is 8.88. The molecule has 0 radical (unpaired) electrons. The van der Waals surface area contributed by atoms with E-state index in [0.717, 1.165) is 37.5 Å². The van der Waals surface area contributed by atoms with Crippen LogP contribution in [0, 0.1) is 0 Å². The fourth-order valence-electron chi connectivity index (χ4n) is 3.55. The SMILES string of the molecule is C1CNC(Cc2nc(C3CC4CCC3O4)no2)C1. The largest absolute Gasteiger partial charge is 0.374 e. The Labute approximate surface area is 106 Å². The maximum absolute atomic E-state index is 5.85. The van der Waals surface area contributed by atoms with E-state index in [-0.39, 0.29) is 0 Å². The summed E-state index contributed by atoms with van der Waals surface area (Å²) < 4.78 is 11.2. The van der Waals surface area contributed by atoms with Crippen LogP contribution in [0.25, 0.3) is 0 Å². The molecule has 18 heavy (non-hydrogen) atoms. The smallest absolute Gasteiger partial charge is 0.228 e. The molecule has 4 unspecified atom stereocenters. The summed E-state index contributed by atoms with van der Waals surface area (Å²) in [4.78, 5) is 4.58. The van der Waals surface area contributed by atoms with Crippen molar-refractivity contribution in [1.29, 1.82) is 0 Å². The van der Waals surface area contributed by atoms with Crippen molar-refractivity contribution < 1.29 is 9.26 Å². The molecule has 1 aromatic rings. The van der Waals surface area contributed by atoms with E-state index < -0.39 is 0 Å². The number of hydrogen-bond acceptors (Lipinski definition) is 5. The van der Waals surface area contributed by atoms with E-state index in [4.69, 9.17) is 9.26 Å². The van der Waals surface area contributed by atoms with Gasteiger partial charge >= 0.3 is 0 Å². The first-order valence-corrected chi connectivity index (χ1v) is 7.10. The lowest BCUT2D eigenvalue weighted by atomic mass is 9.89. The third kappa shape index (κ3) is 1.86. The van der Waals surface area contributed by atoms with E-state index in [1.165, 1.54) is 19.3 Å². The molecule has 4 rings (SSSR count). The number of ether oxygens (including phenoxy) is 1. The quantitative estimate of drug-likeness (QED) is 0.877. The van der Waals surface area contributed by atoms with Crippen molar-refractivity contribution in [2.45, 2.75) is 62.7 Å². The van der Waals surface area contributed by atoms with Gasteiger partial charge in [0, 0.05) is 12.5 Å². The standard InChI is InChI=1S/C13H19N3O2/c1-2-8(14-5-1)6-12-15-13(16-18-12)10-7-9-3-4-11(10)17-9/h8-11,14H,1-7H2. The summed E-state index contributed by atoms with van der Waals surface area (Å²) in [6.45, 7) is 1.12. The normalized spacial score (nSPS) is 38.7. The van der Waals surface area contributed by atoms with Crippen LogP contribution in [0.2, 0.25) is 0 Å². The Morgan fingerprint density at radius 3 is 3.00 bits per heavy atom. The van der Waals surface area contributed by atoms with Crippen LogP contribution in [0.1, 0.15) is 49.7 Å². The number of fused-ring (bicyclic) bond motifs is 2. The second-order valence-electron chi connectivity index (χ2n) is 5.76. The lowest BCUT2D eigenvalue weighted by molar-refractivity contribution is 0.0996. The van der Waals surface area contributed by atoms with Crippen molar-refractivity contribution in [3.63, 3.8) is 0 Å². The van der Waals surface area contributed by atoms with Gasteiger partial charge in [-0.2, -0.15) is 4.98 Å². The van der Waals surface area contributed by atoms with Gasteiger partial charge in [0.05, 0.1) is 18.1 Å². The van der Waals surface area contributed by atoms with Crippen molar-refractivity contribution in [2.75, 3.05) is 6.54 Å². The first-order valence-electron chi connectivity index (χ1n) is 7.10. The van der Waals surface area contributed by atoms with Gasteiger partial charge in [-0.3, -0.25) is 0 Å². The molecule has 3 aliphatic heterocycles. The lowest BCUT2D eigenvalue weighted by Gasteiger charge is -2.13. The van der Waals surface area contributed by atoms with Gasteiger partial charge in [-0.25, -0.2) is 0 Å². The van der Waals surface area contributed by atoms with Gasteiger partial charge in [-0.05, 0) is 38.6 Å². The monoisotopic (exact) mass is 249 g/mol. The molecular weight excluding hydrogens is 230 g/mol. The first kappa shape index (κ1) is 10.9. The molecule has 3 aliphatic rings. The van der Waals surface area contributed by atoms with Crippen LogP contribution in [-0.2, 0) is 11.2 Å². The van der Waals surface area contributed by atoms with Crippen LogP contribution in [0.15, 0.2) is 4.52 Å². The van der Waals surface area contributed by atoms with Crippen molar-refractivity contribution >= 4 is 0 Å². The maximum atomic E-state index is 5.85. The molecule has 0 aromatic carbocycles. The molecule has 5 heteroatoms. The minimum absolute atomic E-state index is 0.338. The van der Waals surface area contributed by atoms with Gasteiger partial charge in [-0.1, -0.05) is 5.16 Å². The van der Waals surface area contributed by atoms with Gasteiger partial charge in [-0.15, -0.1) is 0 Å². The molecule has 0 aliphatic carbocycles. The summed E-state index contributed by atoms with van der Waals surface area (Å²) in [6.07, 6.45) is 7.56. The van der Waals surface area contributed by atoms with Crippen molar-refractivity contribution in [3.05, 3.63) is 11.7 Å². The van der Waals surface area contributed by atoms with E-state index in [1.54, 1.807) is 0 Å². The number of rotatable bonds is 3. The topological polar surface area (TPSA) is 60.2 Å². The molecule has 0 spiro atoms. The fraction of sp³-hybridized carbons (Fsp3) is 0.846. The average molecular weight is 249 g/mol. The van der Waals surface area contributed by atoms with Crippen LogP contribution < -0.4 is 5.32 Å². The number of nitrogens with zero attached hydrogens (tertiary/aromatic N) is 2.